The summed E-state index contributed by atoms with van der Waals surface area (Å²) in [4.78, 5) is 14.2. The average Bonchev–Trinajstić information content (AvgIpc) is 2.49. The minimum absolute atomic E-state index is 0.165. The molecule has 4 nitrogen and oxygen atoms in total. The maximum atomic E-state index is 12.3. The molecule has 1 aliphatic heterocycles. The Kier molecular flexibility index (Phi) is 5.62. The van der Waals surface area contributed by atoms with Gasteiger partial charge in [-0.05, 0) is 37.3 Å². The average molecular weight is 291 g/mol. The highest BCUT2D eigenvalue weighted by molar-refractivity contribution is 5.76. The molecule has 2 unspecified atom stereocenters. The Hall–Kier alpha value is -1.55. The van der Waals surface area contributed by atoms with Gasteiger partial charge in [0.15, 0.2) is 0 Å². The summed E-state index contributed by atoms with van der Waals surface area (Å²) in [7, 11) is 0. The second-order valence-electron chi connectivity index (χ2n) is 5.71. The number of para-hydroxylation sites is 1. The molecule has 1 aromatic rings. The van der Waals surface area contributed by atoms with Crippen molar-refractivity contribution in [2.24, 2.45) is 5.92 Å². The molecule has 1 N–H and O–H groups in total. The van der Waals surface area contributed by atoms with Crippen molar-refractivity contribution in [2.75, 3.05) is 19.7 Å². The molecule has 2 atom stereocenters. The van der Waals surface area contributed by atoms with Gasteiger partial charge in [0.05, 0.1) is 12.7 Å². The number of likely N-dealkylation sites (tertiary alicyclic amines) is 1. The van der Waals surface area contributed by atoms with Gasteiger partial charge in [0, 0.05) is 19.5 Å². The SMILES string of the molecule is CCOc1ccccc1CCC(=O)N1CCC(O)C(C)C1. The largest absolute Gasteiger partial charge is 0.494 e. The second-order valence-corrected chi connectivity index (χ2v) is 5.71. The molecular weight excluding hydrogens is 266 g/mol. The van der Waals surface area contributed by atoms with Crippen molar-refractivity contribution in [3.8, 4) is 5.75 Å². The first-order valence-electron chi connectivity index (χ1n) is 7.78. The molecule has 4 heteroatoms. The Balaban J connectivity index is 1.89. The lowest BCUT2D eigenvalue weighted by Gasteiger charge is -2.34. The van der Waals surface area contributed by atoms with Gasteiger partial charge in [-0.25, -0.2) is 0 Å². The third kappa shape index (κ3) is 4.21. The molecule has 0 aliphatic carbocycles. The number of nitrogens with zero attached hydrogens (tertiary/aromatic N) is 1. The van der Waals surface area contributed by atoms with Crippen LogP contribution in [0.3, 0.4) is 0 Å². The van der Waals surface area contributed by atoms with E-state index in [9.17, 15) is 9.90 Å². The number of rotatable bonds is 5. The Bertz CT molecular complexity index is 475. The minimum Gasteiger partial charge on any atom is -0.494 e. The quantitative estimate of drug-likeness (QED) is 0.905. The first-order valence-corrected chi connectivity index (χ1v) is 7.78. The minimum atomic E-state index is -0.271. The van der Waals surface area contributed by atoms with Crippen molar-refractivity contribution in [3.05, 3.63) is 29.8 Å². The van der Waals surface area contributed by atoms with Crippen LogP contribution in [0.25, 0.3) is 0 Å². The van der Waals surface area contributed by atoms with Crippen LogP contribution in [-0.4, -0.2) is 41.7 Å². The molecule has 1 fully saturated rings. The van der Waals surface area contributed by atoms with Gasteiger partial charge >= 0.3 is 0 Å². The second kappa shape index (κ2) is 7.46. The summed E-state index contributed by atoms with van der Waals surface area (Å²) < 4.78 is 5.59. The van der Waals surface area contributed by atoms with Crippen LogP contribution in [0.5, 0.6) is 5.75 Å². The molecule has 21 heavy (non-hydrogen) atoms. The van der Waals surface area contributed by atoms with E-state index < -0.39 is 0 Å². The van der Waals surface area contributed by atoms with Gasteiger partial charge in [0.1, 0.15) is 5.75 Å². The van der Waals surface area contributed by atoms with E-state index in [0.29, 0.717) is 39.0 Å². The number of hydrogen-bond acceptors (Lipinski definition) is 3. The van der Waals surface area contributed by atoms with E-state index in [-0.39, 0.29) is 17.9 Å². The number of amides is 1. The number of benzene rings is 1. The molecule has 1 amide bonds. The zero-order chi connectivity index (χ0) is 15.2. The summed E-state index contributed by atoms with van der Waals surface area (Å²) in [6, 6.07) is 7.88. The van der Waals surface area contributed by atoms with Crippen LogP contribution in [0.1, 0.15) is 32.3 Å². The lowest BCUT2D eigenvalue weighted by molar-refractivity contribution is -0.134. The predicted molar refractivity (Wildman–Crippen MR) is 82.3 cm³/mol. The monoisotopic (exact) mass is 291 g/mol. The maximum absolute atomic E-state index is 12.3. The topological polar surface area (TPSA) is 49.8 Å². The van der Waals surface area contributed by atoms with Crippen LogP contribution in [0.2, 0.25) is 0 Å². The van der Waals surface area contributed by atoms with E-state index in [1.54, 1.807) is 0 Å². The van der Waals surface area contributed by atoms with Crippen LogP contribution in [0.15, 0.2) is 24.3 Å². The number of aryl methyl sites for hydroxylation is 1. The standard InChI is InChI=1S/C17H25NO3/c1-3-21-16-7-5-4-6-14(16)8-9-17(20)18-11-10-15(19)13(2)12-18/h4-7,13,15,19H,3,8-12H2,1-2H3. The highest BCUT2D eigenvalue weighted by Crippen LogP contribution is 2.21. The summed E-state index contributed by atoms with van der Waals surface area (Å²) in [5.41, 5.74) is 1.08. The van der Waals surface area contributed by atoms with Crippen LogP contribution < -0.4 is 4.74 Å². The summed E-state index contributed by atoms with van der Waals surface area (Å²) in [6.45, 7) is 5.91. The Morgan fingerprint density at radius 2 is 2.19 bits per heavy atom. The van der Waals surface area contributed by atoms with Crippen molar-refractivity contribution in [1.29, 1.82) is 0 Å². The molecule has 116 valence electrons. The first-order chi connectivity index (χ1) is 10.1. The smallest absolute Gasteiger partial charge is 0.222 e. The predicted octanol–water partition coefficient (Wildman–Crippen LogP) is 2.25. The molecule has 2 rings (SSSR count). The molecule has 1 aromatic carbocycles. The van der Waals surface area contributed by atoms with Crippen molar-refractivity contribution >= 4 is 5.91 Å². The lowest BCUT2D eigenvalue weighted by atomic mass is 9.96. The molecule has 0 spiro atoms. The third-order valence-corrected chi connectivity index (χ3v) is 4.09. The van der Waals surface area contributed by atoms with Gasteiger partial charge in [0.2, 0.25) is 5.91 Å². The Morgan fingerprint density at radius 3 is 2.90 bits per heavy atom. The number of aliphatic hydroxyl groups excluding tert-OH is 1. The molecule has 0 aromatic heterocycles. The van der Waals surface area contributed by atoms with Crippen LogP contribution >= 0.6 is 0 Å². The van der Waals surface area contributed by atoms with Crippen molar-refractivity contribution in [3.63, 3.8) is 0 Å². The van der Waals surface area contributed by atoms with Crippen LogP contribution in [0, 0.1) is 5.92 Å². The van der Waals surface area contributed by atoms with Gasteiger partial charge in [-0.2, -0.15) is 0 Å². The number of carbonyl (C=O) groups is 1. The normalized spacial score (nSPS) is 22.1. The number of aliphatic hydroxyl groups is 1. The third-order valence-electron chi connectivity index (χ3n) is 4.09. The van der Waals surface area contributed by atoms with Crippen LogP contribution in [-0.2, 0) is 11.2 Å². The van der Waals surface area contributed by atoms with E-state index in [1.807, 2.05) is 43.0 Å². The van der Waals surface area contributed by atoms with E-state index in [0.717, 1.165) is 11.3 Å². The van der Waals surface area contributed by atoms with E-state index >= 15 is 0 Å². The maximum Gasteiger partial charge on any atom is 0.222 e. The summed E-state index contributed by atoms with van der Waals surface area (Å²) in [5.74, 6) is 1.20. The van der Waals surface area contributed by atoms with E-state index in [4.69, 9.17) is 4.74 Å². The number of carbonyl (C=O) groups excluding carboxylic acids is 1. The van der Waals surface area contributed by atoms with Crippen LogP contribution in [0.4, 0.5) is 0 Å². The van der Waals surface area contributed by atoms with Crippen molar-refractivity contribution in [2.45, 2.75) is 39.2 Å². The molecule has 0 radical (unpaired) electrons. The fraction of sp³-hybridized carbons (Fsp3) is 0.588. The zero-order valence-electron chi connectivity index (χ0n) is 12.9. The van der Waals surface area contributed by atoms with Crippen molar-refractivity contribution in [1.82, 2.24) is 4.90 Å². The molecule has 1 saturated heterocycles. The van der Waals surface area contributed by atoms with E-state index in [2.05, 4.69) is 0 Å². The molecular formula is C17H25NO3. The number of ether oxygens (including phenoxy) is 1. The highest BCUT2D eigenvalue weighted by atomic mass is 16.5. The molecule has 0 bridgehead atoms. The fourth-order valence-electron chi connectivity index (χ4n) is 2.77. The first kappa shape index (κ1) is 15.8. The van der Waals surface area contributed by atoms with Gasteiger partial charge in [0.25, 0.3) is 0 Å². The molecule has 1 heterocycles. The number of piperidine rings is 1. The molecule has 1 aliphatic rings. The Labute approximate surface area is 126 Å². The molecule has 0 saturated carbocycles. The van der Waals surface area contributed by atoms with Gasteiger partial charge < -0.3 is 14.7 Å². The number of hydrogen-bond donors (Lipinski definition) is 1. The van der Waals surface area contributed by atoms with Crippen molar-refractivity contribution < 1.29 is 14.6 Å². The summed E-state index contributed by atoms with van der Waals surface area (Å²) in [6.07, 6.45) is 1.60. The summed E-state index contributed by atoms with van der Waals surface area (Å²) in [5, 5.41) is 9.73. The Morgan fingerprint density at radius 1 is 1.43 bits per heavy atom. The van der Waals surface area contributed by atoms with Gasteiger partial charge in [-0.15, -0.1) is 0 Å². The fourth-order valence-corrected chi connectivity index (χ4v) is 2.77. The van der Waals surface area contributed by atoms with Gasteiger partial charge in [-0.3, -0.25) is 4.79 Å². The zero-order valence-corrected chi connectivity index (χ0v) is 12.9. The highest BCUT2D eigenvalue weighted by Gasteiger charge is 2.26. The lowest BCUT2D eigenvalue weighted by Crippen LogP contribution is -2.45. The van der Waals surface area contributed by atoms with E-state index in [1.165, 1.54) is 0 Å². The van der Waals surface area contributed by atoms with Gasteiger partial charge in [-0.1, -0.05) is 25.1 Å². The summed E-state index contributed by atoms with van der Waals surface area (Å²) >= 11 is 0.